The van der Waals surface area contributed by atoms with E-state index in [4.69, 9.17) is 32.9 Å². The molecule has 1 fully saturated rings. The number of hydrogen-bond donors (Lipinski definition) is 4. The summed E-state index contributed by atoms with van der Waals surface area (Å²) >= 11 is 14.2. The van der Waals surface area contributed by atoms with Gasteiger partial charge in [-0.15, -0.1) is 0 Å². The molecule has 0 bridgehead atoms. The number of amides is 1. The van der Waals surface area contributed by atoms with Gasteiger partial charge in [-0.2, -0.15) is 0 Å². The van der Waals surface area contributed by atoms with Crippen molar-refractivity contribution < 1.29 is 14.6 Å². The van der Waals surface area contributed by atoms with Gasteiger partial charge in [0.15, 0.2) is 0 Å². The summed E-state index contributed by atoms with van der Waals surface area (Å²) in [6.07, 6.45) is 2.31. The number of benzene rings is 2. The minimum atomic E-state index is -0.586. The molecule has 3 aromatic heterocycles. The van der Waals surface area contributed by atoms with Crippen LogP contribution in [0.1, 0.15) is 29.7 Å². The van der Waals surface area contributed by atoms with Crippen molar-refractivity contribution in [2.24, 2.45) is 4.99 Å². The standard InChI is InChI=1S/C37H35Cl2N7O4/c1-20-13-22(14-31-41-19-29(37(49)46(20)31)35-42-17-24(47)18-43-35)25-5-3-6-26(33(25)38)27-7-4-8-28(34(27)39)30-11-9-21(36(45-30)50-2)15-40-16-23-10-12-32(48)44-23/h3-9,11,13-14,19,23-24,40,47H,10,12,15-18H2,1-2H3,(H,42,43)(H,44,48)/t23-/m1/s1. The molecule has 2 atom stereocenters. The third-order valence-corrected chi connectivity index (χ3v) is 9.82. The number of aromatic nitrogens is 3. The van der Waals surface area contributed by atoms with Gasteiger partial charge in [0, 0.05) is 71.8 Å². The number of ether oxygens (including phenoxy) is 1. The van der Waals surface area contributed by atoms with Crippen LogP contribution in [-0.4, -0.2) is 70.1 Å². The van der Waals surface area contributed by atoms with Crippen LogP contribution in [0.3, 0.4) is 0 Å². The summed E-state index contributed by atoms with van der Waals surface area (Å²) in [5.41, 5.74) is 6.54. The minimum absolute atomic E-state index is 0.0907. The molecular weight excluding hydrogens is 677 g/mol. The maximum absolute atomic E-state index is 13.5. The van der Waals surface area contributed by atoms with Crippen molar-refractivity contribution in [2.75, 3.05) is 26.7 Å². The average Bonchev–Trinajstić information content (AvgIpc) is 3.53. The van der Waals surface area contributed by atoms with Crippen molar-refractivity contribution in [3.8, 4) is 39.4 Å². The summed E-state index contributed by atoms with van der Waals surface area (Å²) in [5.74, 6) is 1.00. The Balaban J connectivity index is 1.18. The van der Waals surface area contributed by atoms with Gasteiger partial charge in [0.2, 0.25) is 11.8 Å². The maximum Gasteiger partial charge on any atom is 0.269 e. The molecule has 1 saturated heterocycles. The first-order chi connectivity index (χ1) is 24.2. The number of amidine groups is 1. The lowest BCUT2D eigenvalue weighted by Crippen LogP contribution is -2.42. The number of aliphatic hydroxyl groups excluding tert-OH is 1. The maximum atomic E-state index is 13.5. The Morgan fingerprint density at radius 2 is 1.74 bits per heavy atom. The lowest BCUT2D eigenvalue weighted by atomic mass is 9.96. The predicted molar refractivity (Wildman–Crippen MR) is 195 cm³/mol. The first-order valence-corrected chi connectivity index (χ1v) is 17.1. The van der Waals surface area contributed by atoms with Gasteiger partial charge in [0.25, 0.3) is 5.56 Å². The number of aliphatic hydroxyl groups is 1. The number of methoxy groups -OCH3 is 1. The summed E-state index contributed by atoms with van der Waals surface area (Å²) in [6.45, 7) is 3.59. The van der Waals surface area contributed by atoms with Gasteiger partial charge >= 0.3 is 0 Å². The molecule has 0 aliphatic carbocycles. The van der Waals surface area contributed by atoms with Crippen molar-refractivity contribution in [3.05, 3.63) is 104 Å². The summed E-state index contributed by atoms with van der Waals surface area (Å²) in [5, 5.41) is 20.1. The van der Waals surface area contributed by atoms with Crippen LogP contribution in [0.5, 0.6) is 5.88 Å². The molecule has 0 spiro atoms. The fourth-order valence-electron chi connectivity index (χ4n) is 6.45. The Morgan fingerprint density at radius 1 is 1.00 bits per heavy atom. The predicted octanol–water partition coefficient (Wildman–Crippen LogP) is 4.79. The molecule has 5 aromatic rings. The van der Waals surface area contributed by atoms with Crippen LogP contribution >= 0.6 is 23.2 Å². The number of halogens is 2. The SMILES string of the molecule is COc1nc(-c2cccc(-c3cccc(-c4cc(C)n5c(=O)c(C6=NCC(O)CN6)cnc5c4)c3Cl)c2Cl)ccc1CNC[C@H]1CCC(=O)N1. The summed E-state index contributed by atoms with van der Waals surface area (Å²) < 4.78 is 7.19. The molecule has 2 aliphatic heterocycles. The third-order valence-electron chi connectivity index (χ3n) is 9.01. The number of hydrogen-bond acceptors (Lipinski definition) is 9. The molecule has 0 saturated carbocycles. The van der Waals surface area contributed by atoms with E-state index in [0.717, 1.165) is 39.8 Å². The second-order valence-electron chi connectivity index (χ2n) is 12.4. The Morgan fingerprint density at radius 3 is 2.44 bits per heavy atom. The van der Waals surface area contributed by atoms with Crippen LogP contribution in [-0.2, 0) is 11.3 Å². The number of fused-ring (bicyclic) bond motifs is 1. The Kier molecular flexibility index (Phi) is 9.56. The van der Waals surface area contributed by atoms with Crippen LogP contribution in [0, 0.1) is 6.92 Å². The molecule has 0 radical (unpaired) electrons. The number of pyridine rings is 2. The topological polar surface area (TPSA) is 142 Å². The summed E-state index contributed by atoms with van der Waals surface area (Å²) in [7, 11) is 1.59. The number of nitrogens with one attached hydrogen (secondary N) is 3. The first kappa shape index (κ1) is 33.7. The molecule has 50 heavy (non-hydrogen) atoms. The van der Waals surface area contributed by atoms with E-state index in [2.05, 4.69) is 25.9 Å². The largest absolute Gasteiger partial charge is 0.481 e. The van der Waals surface area contributed by atoms with Crippen LogP contribution < -0.4 is 26.2 Å². The molecule has 7 rings (SSSR count). The van der Waals surface area contributed by atoms with Crippen LogP contribution in [0.4, 0.5) is 0 Å². The first-order valence-electron chi connectivity index (χ1n) is 16.3. The Labute approximate surface area is 298 Å². The van der Waals surface area contributed by atoms with E-state index in [1.807, 2.05) is 67.6 Å². The van der Waals surface area contributed by atoms with Gasteiger partial charge in [-0.25, -0.2) is 9.97 Å². The third kappa shape index (κ3) is 6.57. The van der Waals surface area contributed by atoms with E-state index in [9.17, 15) is 14.7 Å². The molecule has 1 unspecified atom stereocenters. The van der Waals surface area contributed by atoms with E-state index in [-0.39, 0.29) is 24.1 Å². The lowest BCUT2D eigenvalue weighted by Gasteiger charge is -2.19. The zero-order chi connectivity index (χ0) is 34.9. The summed E-state index contributed by atoms with van der Waals surface area (Å²) in [4.78, 5) is 38.7. The fourth-order valence-corrected chi connectivity index (χ4v) is 7.12. The number of carbonyl (C=O) groups excluding carboxylic acids is 1. The van der Waals surface area contributed by atoms with E-state index in [0.29, 0.717) is 70.4 Å². The Hall–Kier alpha value is -4.81. The van der Waals surface area contributed by atoms with Crippen molar-refractivity contribution in [2.45, 2.75) is 38.5 Å². The van der Waals surface area contributed by atoms with E-state index in [1.54, 1.807) is 11.5 Å². The van der Waals surface area contributed by atoms with E-state index < -0.39 is 6.10 Å². The van der Waals surface area contributed by atoms with Crippen molar-refractivity contribution in [1.29, 1.82) is 0 Å². The molecule has 13 heteroatoms. The number of rotatable bonds is 9. The van der Waals surface area contributed by atoms with Gasteiger partial charge in [0.05, 0.1) is 35.5 Å². The second kappa shape index (κ2) is 14.2. The number of carbonyl (C=O) groups is 1. The second-order valence-corrected chi connectivity index (χ2v) is 13.2. The van der Waals surface area contributed by atoms with E-state index in [1.165, 1.54) is 6.20 Å². The molecule has 4 N–H and O–H groups in total. The zero-order valence-corrected chi connectivity index (χ0v) is 29.0. The highest BCUT2D eigenvalue weighted by molar-refractivity contribution is 6.39. The van der Waals surface area contributed by atoms with Crippen LogP contribution in [0.25, 0.3) is 39.2 Å². The number of aliphatic imine (C=N–C) groups is 1. The quantitative estimate of drug-likeness (QED) is 0.171. The van der Waals surface area contributed by atoms with E-state index >= 15 is 0 Å². The average molecular weight is 713 g/mol. The highest BCUT2D eigenvalue weighted by atomic mass is 35.5. The molecule has 256 valence electrons. The molecule has 11 nitrogen and oxygen atoms in total. The van der Waals surface area contributed by atoms with Gasteiger partial charge < -0.3 is 25.8 Å². The fraction of sp³-hybridized carbons (Fsp3) is 0.270. The van der Waals surface area contributed by atoms with Crippen molar-refractivity contribution >= 4 is 40.6 Å². The van der Waals surface area contributed by atoms with Gasteiger partial charge in [-0.05, 0) is 37.1 Å². The minimum Gasteiger partial charge on any atom is -0.481 e. The zero-order valence-electron chi connectivity index (χ0n) is 27.5. The van der Waals surface area contributed by atoms with Crippen molar-refractivity contribution in [3.63, 3.8) is 0 Å². The smallest absolute Gasteiger partial charge is 0.269 e. The molecule has 2 aromatic carbocycles. The molecule has 5 heterocycles. The lowest BCUT2D eigenvalue weighted by molar-refractivity contribution is -0.119. The molecule has 2 aliphatic rings. The van der Waals surface area contributed by atoms with Crippen molar-refractivity contribution in [1.82, 2.24) is 30.3 Å². The number of nitrogens with zero attached hydrogens (tertiary/aromatic N) is 4. The van der Waals surface area contributed by atoms with Gasteiger partial charge in [-0.3, -0.25) is 19.0 Å². The number of aryl methyl sites for hydroxylation is 1. The van der Waals surface area contributed by atoms with Crippen LogP contribution in [0.15, 0.2) is 76.6 Å². The molecule has 1 amide bonds. The van der Waals surface area contributed by atoms with Crippen LogP contribution in [0.2, 0.25) is 10.0 Å². The monoisotopic (exact) mass is 711 g/mol. The van der Waals surface area contributed by atoms with Gasteiger partial charge in [-0.1, -0.05) is 65.7 Å². The normalized spacial score (nSPS) is 17.4. The number of β-amino-alcohol motifs (C(OH)–C–C–N with tert-alkyl or cyclic N) is 1. The highest BCUT2D eigenvalue weighted by Gasteiger charge is 2.22. The van der Waals surface area contributed by atoms with Gasteiger partial charge in [0.1, 0.15) is 17.0 Å². The summed E-state index contributed by atoms with van der Waals surface area (Å²) in [6, 6.07) is 19.3. The molecular formula is C37H35Cl2N7O4. The highest BCUT2D eigenvalue weighted by Crippen LogP contribution is 2.42. The Bertz CT molecular complexity index is 2220.